The summed E-state index contributed by atoms with van der Waals surface area (Å²) < 4.78 is 11.2. The van der Waals surface area contributed by atoms with E-state index in [1.54, 1.807) is 6.08 Å². The van der Waals surface area contributed by atoms with Crippen molar-refractivity contribution in [2.45, 2.75) is 19.9 Å². The van der Waals surface area contributed by atoms with Gasteiger partial charge >= 0.3 is 0 Å². The van der Waals surface area contributed by atoms with Crippen LogP contribution in [0.25, 0.3) is 6.08 Å². The van der Waals surface area contributed by atoms with Crippen LogP contribution in [0.2, 0.25) is 0 Å². The third-order valence-corrected chi connectivity index (χ3v) is 6.63. The van der Waals surface area contributed by atoms with Gasteiger partial charge < -0.3 is 14.8 Å². The van der Waals surface area contributed by atoms with Crippen LogP contribution in [0.1, 0.15) is 30.3 Å². The molecule has 7 nitrogen and oxygen atoms in total. The van der Waals surface area contributed by atoms with Gasteiger partial charge in [-0.25, -0.2) is 0 Å². The topological polar surface area (TPSA) is 84.9 Å². The number of ether oxygens (including phenoxy) is 2. The Hall–Kier alpha value is -2.78. The number of hydrogen-bond acceptors (Lipinski definition) is 7. The van der Waals surface area contributed by atoms with Crippen LogP contribution < -0.4 is 14.8 Å². The molecule has 31 heavy (non-hydrogen) atoms. The summed E-state index contributed by atoms with van der Waals surface area (Å²) in [7, 11) is 0. The molecule has 3 amide bonds. The van der Waals surface area contributed by atoms with Crippen molar-refractivity contribution in [2.75, 3.05) is 19.8 Å². The maximum Gasteiger partial charge on any atom is 0.294 e. The molecular formula is C22H22N2O5S2. The predicted octanol–water partition coefficient (Wildman–Crippen LogP) is 4.07. The summed E-state index contributed by atoms with van der Waals surface area (Å²) in [4.78, 5) is 39.9. The van der Waals surface area contributed by atoms with Crippen molar-refractivity contribution >= 4 is 46.2 Å². The van der Waals surface area contributed by atoms with Gasteiger partial charge in [-0.1, -0.05) is 26.0 Å². The number of nitrogens with zero attached hydrogens (tertiary/aromatic N) is 1. The van der Waals surface area contributed by atoms with E-state index < -0.39 is 17.1 Å². The quantitative estimate of drug-likeness (QED) is 0.657. The molecule has 1 N–H and O–H groups in total. The highest BCUT2D eigenvalue weighted by atomic mass is 32.2. The van der Waals surface area contributed by atoms with Crippen molar-refractivity contribution in [3.63, 3.8) is 0 Å². The molecule has 2 aliphatic heterocycles. The van der Waals surface area contributed by atoms with Gasteiger partial charge in [0, 0.05) is 4.88 Å². The van der Waals surface area contributed by atoms with E-state index in [9.17, 15) is 14.4 Å². The Morgan fingerprint density at radius 1 is 1.19 bits per heavy atom. The molecule has 2 aliphatic rings. The number of hydrogen-bond donors (Lipinski definition) is 1. The summed E-state index contributed by atoms with van der Waals surface area (Å²) in [6.07, 6.45) is 1.68. The van der Waals surface area contributed by atoms with Crippen molar-refractivity contribution in [3.05, 3.63) is 51.1 Å². The van der Waals surface area contributed by atoms with Crippen LogP contribution in [-0.4, -0.2) is 41.7 Å². The highest BCUT2D eigenvalue weighted by Gasteiger charge is 2.36. The third-order valence-electron chi connectivity index (χ3n) is 4.90. The lowest BCUT2D eigenvalue weighted by atomic mass is 9.95. The molecule has 1 unspecified atom stereocenters. The molecule has 0 aliphatic carbocycles. The first-order valence-electron chi connectivity index (χ1n) is 9.90. The lowest BCUT2D eigenvalue weighted by Gasteiger charge is -2.26. The van der Waals surface area contributed by atoms with Crippen molar-refractivity contribution < 1.29 is 23.9 Å². The average molecular weight is 459 g/mol. The molecular weight excluding hydrogens is 436 g/mol. The zero-order valence-corrected chi connectivity index (χ0v) is 18.8. The van der Waals surface area contributed by atoms with Crippen molar-refractivity contribution in [1.82, 2.24) is 10.2 Å². The zero-order chi connectivity index (χ0) is 22.0. The van der Waals surface area contributed by atoms with Gasteiger partial charge in [-0.2, -0.15) is 0 Å². The molecule has 0 spiro atoms. The number of nitrogens with one attached hydrogen (secondary N) is 1. The van der Waals surface area contributed by atoms with Crippen LogP contribution in [0.15, 0.2) is 40.6 Å². The number of thioether (sulfide) groups is 1. The molecule has 0 bridgehead atoms. The van der Waals surface area contributed by atoms with Crippen LogP contribution in [0.3, 0.4) is 0 Å². The number of fused-ring (bicyclic) bond motifs is 1. The number of amides is 3. The smallest absolute Gasteiger partial charge is 0.294 e. The number of imide groups is 1. The maximum absolute atomic E-state index is 12.8. The van der Waals surface area contributed by atoms with E-state index in [0.717, 1.165) is 27.1 Å². The molecule has 0 radical (unpaired) electrons. The molecule has 0 saturated carbocycles. The summed E-state index contributed by atoms with van der Waals surface area (Å²) >= 11 is 2.33. The normalized spacial score (nSPS) is 18.0. The van der Waals surface area contributed by atoms with Gasteiger partial charge in [-0.15, -0.1) is 11.3 Å². The molecule has 1 fully saturated rings. The molecule has 4 rings (SSSR count). The molecule has 2 aromatic rings. The average Bonchev–Trinajstić information content (AvgIpc) is 3.35. The largest absolute Gasteiger partial charge is 0.486 e. The second-order valence-corrected chi connectivity index (χ2v) is 9.45. The number of rotatable bonds is 6. The van der Waals surface area contributed by atoms with E-state index in [4.69, 9.17) is 9.47 Å². The minimum absolute atomic E-state index is 0.0835. The SMILES string of the molecule is CC(C)C(NC(=O)CN1C(=O)S/C(=C\c2cccs2)C1=O)c1ccc2c(c1)OCCO2. The van der Waals surface area contributed by atoms with Crippen LogP contribution in [0, 0.1) is 5.92 Å². The first-order valence-corrected chi connectivity index (χ1v) is 11.6. The van der Waals surface area contributed by atoms with Crippen LogP contribution in [-0.2, 0) is 9.59 Å². The molecule has 162 valence electrons. The van der Waals surface area contributed by atoms with Gasteiger partial charge in [0.25, 0.3) is 11.1 Å². The van der Waals surface area contributed by atoms with Crippen molar-refractivity contribution in [1.29, 1.82) is 0 Å². The minimum Gasteiger partial charge on any atom is -0.486 e. The molecule has 3 heterocycles. The molecule has 9 heteroatoms. The number of carbonyl (C=O) groups excluding carboxylic acids is 3. The van der Waals surface area contributed by atoms with Crippen LogP contribution in [0.4, 0.5) is 4.79 Å². The van der Waals surface area contributed by atoms with Gasteiger partial charge in [0.05, 0.1) is 10.9 Å². The first kappa shape index (κ1) is 21.5. The Morgan fingerprint density at radius 2 is 1.97 bits per heavy atom. The summed E-state index contributed by atoms with van der Waals surface area (Å²) in [5.41, 5.74) is 0.874. The molecule has 1 aromatic heterocycles. The number of benzene rings is 1. The fourth-order valence-corrected chi connectivity index (χ4v) is 4.95. The molecule has 1 atom stereocenters. The fraction of sp³-hybridized carbons (Fsp3) is 0.318. The van der Waals surface area contributed by atoms with Crippen LogP contribution in [0.5, 0.6) is 11.5 Å². The van der Waals surface area contributed by atoms with Gasteiger partial charge in [0.2, 0.25) is 5.91 Å². The predicted molar refractivity (Wildman–Crippen MR) is 120 cm³/mol. The van der Waals surface area contributed by atoms with Gasteiger partial charge in [-0.05, 0) is 52.9 Å². The second kappa shape index (κ2) is 9.15. The van der Waals surface area contributed by atoms with E-state index in [-0.39, 0.29) is 18.5 Å². The Labute approximate surface area is 188 Å². The van der Waals surface area contributed by atoms with E-state index in [1.165, 1.54) is 11.3 Å². The summed E-state index contributed by atoms with van der Waals surface area (Å²) in [6, 6.07) is 9.03. The van der Waals surface area contributed by atoms with E-state index in [2.05, 4.69) is 5.32 Å². The van der Waals surface area contributed by atoms with Crippen LogP contribution >= 0.6 is 23.1 Å². The summed E-state index contributed by atoms with van der Waals surface area (Å²) in [5, 5.41) is 4.41. The van der Waals surface area contributed by atoms with E-state index in [1.807, 2.05) is 49.6 Å². The number of carbonyl (C=O) groups is 3. The zero-order valence-electron chi connectivity index (χ0n) is 17.1. The lowest BCUT2D eigenvalue weighted by Crippen LogP contribution is -2.42. The maximum atomic E-state index is 12.8. The Morgan fingerprint density at radius 3 is 2.68 bits per heavy atom. The molecule has 1 aromatic carbocycles. The van der Waals surface area contributed by atoms with Crippen molar-refractivity contribution in [2.24, 2.45) is 5.92 Å². The van der Waals surface area contributed by atoms with Gasteiger partial charge in [0.1, 0.15) is 19.8 Å². The Bertz CT molecular complexity index is 1030. The highest BCUT2D eigenvalue weighted by molar-refractivity contribution is 8.18. The van der Waals surface area contributed by atoms with E-state index in [0.29, 0.717) is 29.6 Å². The van der Waals surface area contributed by atoms with Gasteiger partial charge in [0.15, 0.2) is 11.5 Å². The summed E-state index contributed by atoms with van der Waals surface area (Å²) in [5.74, 6) is 0.569. The van der Waals surface area contributed by atoms with Crippen molar-refractivity contribution in [3.8, 4) is 11.5 Å². The minimum atomic E-state index is -0.445. The summed E-state index contributed by atoms with van der Waals surface area (Å²) in [6.45, 7) is 4.65. The Kier molecular flexibility index (Phi) is 6.33. The Balaban J connectivity index is 1.45. The monoisotopic (exact) mass is 458 g/mol. The van der Waals surface area contributed by atoms with E-state index >= 15 is 0 Å². The van der Waals surface area contributed by atoms with Gasteiger partial charge in [-0.3, -0.25) is 19.3 Å². The second-order valence-electron chi connectivity index (χ2n) is 7.48. The standard InChI is InChI=1S/C22H22N2O5S2/c1-13(2)20(14-5-6-16-17(10-14)29-8-7-28-16)23-19(25)12-24-21(26)18(31-22(24)27)11-15-4-3-9-30-15/h3-6,9-11,13,20H,7-8,12H2,1-2H3,(H,23,25)/b18-11-. The third kappa shape index (κ3) is 4.77. The molecule has 1 saturated heterocycles. The first-order chi connectivity index (χ1) is 14.9. The highest BCUT2D eigenvalue weighted by Crippen LogP contribution is 2.35. The fourth-order valence-electron chi connectivity index (χ4n) is 3.39. The lowest BCUT2D eigenvalue weighted by molar-refractivity contribution is -0.129. The number of thiophene rings is 1.